The maximum atomic E-state index is 12.1. The summed E-state index contributed by atoms with van der Waals surface area (Å²) in [6.07, 6.45) is 5.35. The van der Waals surface area contributed by atoms with Gasteiger partial charge in [-0.2, -0.15) is 0 Å². The number of nitrogens with zero attached hydrogens (tertiary/aromatic N) is 2. The third-order valence-corrected chi connectivity index (χ3v) is 3.58. The van der Waals surface area contributed by atoms with E-state index in [4.69, 9.17) is 5.11 Å². The van der Waals surface area contributed by atoms with Gasteiger partial charge in [-0.15, -0.1) is 13.2 Å². The minimum atomic E-state index is -0.734. The minimum Gasteiger partial charge on any atom is -0.481 e. The lowest BCUT2D eigenvalue weighted by Crippen LogP contribution is -2.43. The number of rotatable bonds is 8. The fourth-order valence-electron chi connectivity index (χ4n) is 2.48. The highest BCUT2D eigenvalue weighted by Gasteiger charge is 2.23. The van der Waals surface area contributed by atoms with E-state index in [0.717, 1.165) is 25.9 Å². The van der Waals surface area contributed by atoms with Crippen molar-refractivity contribution in [2.24, 2.45) is 5.92 Å². The van der Waals surface area contributed by atoms with Crippen LogP contribution >= 0.6 is 0 Å². The Kier molecular flexibility index (Phi) is 7.01. The molecule has 1 saturated heterocycles. The topological polar surface area (TPSA) is 60.9 Å². The first-order valence-corrected chi connectivity index (χ1v) is 7.00. The summed E-state index contributed by atoms with van der Waals surface area (Å²) < 4.78 is 0. The highest BCUT2D eigenvalue weighted by molar-refractivity contribution is 5.78. The largest absolute Gasteiger partial charge is 0.481 e. The number of piperidine rings is 1. The number of aliphatic carboxylic acids is 1. The number of likely N-dealkylation sites (tertiary alicyclic amines) is 1. The van der Waals surface area contributed by atoms with Gasteiger partial charge in [0.1, 0.15) is 0 Å². The number of amides is 1. The maximum Gasteiger partial charge on any atom is 0.303 e. The molecule has 1 fully saturated rings. The van der Waals surface area contributed by atoms with Gasteiger partial charge in [0.05, 0.1) is 6.54 Å². The van der Waals surface area contributed by atoms with Crippen LogP contribution in [-0.4, -0.2) is 59.5 Å². The van der Waals surface area contributed by atoms with Crippen molar-refractivity contribution in [1.29, 1.82) is 0 Å². The van der Waals surface area contributed by atoms with Crippen LogP contribution in [0.4, 0.5) is 0 Å². The predicted octanol–water partition coefficient (Wildman–Crippen LogP) is 1.37. The van der Waals surface area contributed by atoms with Crippen LogP contribution in [-0.2, 0) is 9.59 Å². The zero-order chi connectivity index (χ0) is 15.0. The number of carboxylic acid groups (broad SMARTS) is 1. The third kappa shape index (κ3) is 5.57. The lowest BCUT2D eigenvalue weighted by molar-refractivity contribution is -0.139. The zero-order valence-electron chi connectivity index (χ0n) is 12.0. The minimum absolute atomic E-state index is 0.0708. The molecule has 5 heteroatoms. The summed E-state index contributed by atoms with van der Waals surface area (Å²) in [6.45, 7) is 10.3. The summed E-state index contributed by atoms with van der Waals surface area (Å²) >= 11 is 0. The smallest absolute Gasteiger partial charge is 0.303 e. The molecule has 0 atom stereocenters. The summed E-state index contributed by atoms with van der Waals surface area (Å²) in [5.41, 5.74) is 0. The molecule has 0 unspecified atom stereocenters. The van der Waals surface area contributed by atoms with E-state index in [1.807, 2.05) is 0 Å². The molecule has 0 bridgehead atoms. The molecular weight excluding hydrogens is 256 g/mol. The van der Waals surface area contributed by atoms with Crippen LogP contribution in [0.15, 0.2) is 25.3 Å². The van der Waals surface area contributed by atoms with Crippen molar-refractivity contribution >= 4 is 11.9 Å². The van der Waals surface area contributed by atoms with Crippen molar-refractivity contribution in [3.05, 3.63) is 25.3 Å². The summed E-state index contributed by atoms with van der Waals surface area (Å²) in [6, 6.07) is 0. The molecule has 0 aromatic rings. The highest BCUT2D eigenvalue weighted by Crippen LogP contribution is 2.20. The molecule has 1 heterocycles. The number of carboxylic acids is 1. The zero-order valence-corrected chi connectivity index (χ0v) is 12.0. The third-order valence-electron chi connectivity index (χ3n) is 3.58. The summed E-state index contributed by atoms with van der Waals surface area (Å²) in [4.78, 5) is 26.6. The second-order valence-electron chi connectivity index (χ2n) is 5.19. The molecule has 20 heavy (non-hydrogen) atoms. The molecular formula is C15H24N2O3. The van der Waals surface area contributed by atoms with Crippen LogP contribution in [0, 0.1) is 5.92 Å². The van der Waals surface area contributed by atoms with Crippen LogP contribution in [0.25, 0.3) is 0 Å². The molecule has 0 aliphatic carbocycles. The average Bonchev–Trinajstić information content (AvgIpc) is 2.40. The first-order valence-electron chi connectivity index (χ1n) is 7.00. The Morgan fingerprint density at radius 1 is 1.20 bits per heavy atom. The lowest BCUT2D eigenvalue weighted by Gasteiger charge is -2.32. The van der Waals surface area contributed by atoms with Crippen LogP contribution in [0.3, 0.4) is 0 Å². The first kappa shape index (κ1) is 16.4. The van der Waals surface area contributed by atoms with Gasteiger partial charge in [0, 0.05) is 19.5 Å². The molecule has 0 saturated carbocycles. The summed E-state index contributed by atoms with van der Waals surface area (Å²) in [7, 11) is 0. The predicted molar refractivity (Wildman–Crippen MR) is 78.4 cm³/mol. The molecule has 0 aromatic heterocycles. The summed E-state index contributed by atoms with van der Waals surface area (Å²) in [5.74, 6) is -0.416. The Morgan fingerprint density at radius 3 is 2.20 bits per heavy atom. The van der Waals surface area contributed by atoms with Gasteiger partial charge < -0.3 is 10.0 Å². The molecule has 1 amide bonds. The fraction of sp³-hybridized carbons (Fsp3) is 0.600. The standard InChI is InChI=1S/C15H24N2O3/c1-3-7-17(8-4-2)14(18)12-16-9-5-13(6-10-16)11-15(19)20/h3-4,13H,1-2,5-12H2,(H,19,20). The van der Waals surface area contributed by atoms with Gasteiger partial charge >= 0.3 is 5.97 Å². The molecule has 0 aromatic carbocycles. The van der Waals surface area contributed by atoms with Gasteiger partial charge in [-0.25, -0.2) is 0 Å². The van der Waals surface area contributed by atoms with Crippen LogP contribution < -0.4 is 0 Å². The monoisotopic (exact) mass is 280 g/mol. The van der Waals surface area contributed by atoms with Crippen molar-refractivity contribution in [3.63, 3.8) is 0 Å². The van der Waals surface area contributed by atoms with Crippen LogP contribution in [0.5, 0.6) is 0 Å². The quantitative estimate of drug-likeness (QED) is 0.682. The van der Waals surface area contributed by atoms with E-state index in [2.05, 4.69) is 18.1 Å². The van der Waals surface area contributed by atoms with E-state index in [9.17, 15) is 9.59 Å². The van der Waals surface area contributed by atoms with E-state index >= 15 is 0 Å². The van der Waals surface area contributed by atoms with Crippen molar-refractivity contribution in [3.8, 4) is 0 Å². The molecule has 0 radical (unpaired) electrons. The Morgan fingerprint density at radius 2 is 1.75 bits per heavy atom. The summed E-state index contributed by atoms with van der Waals surface area (Å²) in [5, 5.41) is 8.77. The lowest BCUT2D eigenvalue weighted by atomic mass is 9.94. The van der Waals surface area contributed by atoms with Gasteiger partial charge in [-0.05, 0) is 31.8 Å². The molecule has 1 N–H and O–H groups in total. The molecule has 112 valence electrons. The second-order valence-corrected chi connectivity index (χ2v) is 5.19. The number of carbonyl (C=O) groups is 2. The van der Waals surface area contributed by atoms with Crippen LogP contribution in [0.2, 0.25) is 0 Å². The Bertz CT molecular complexity index is 350. The number of hydrogen-bond donors (Lipinski definition) is 1. The number of carbonyl (C=O) groups excluding carboxylic acids is 1. The van der Waals surface area contributed by atoms with Gasteiger partial charge in [-0.1, -0.05) is 12.2 Å². The molecule has 1 rings (SSSR count). The SMILES string of the molecule is C=CCN(CC=C)C(=O)CN1CCC(CC(=O)O)CC1. The Balaban J connectivity index is 2.38. The van der Waals surface area contributed by atoms with Gasteiger partial charge in [0.15, 0.2) is 0 Å². The first-order chi connectivity index (χ1) is 9.56. The number of hydrogen-bond acceptors (Lipinski definition) is 3. The van der Waals surface area contributed by atoms with Crippen molar-refractivity contribution in [1.82, 2.24) is 9.80 Å². The Hall–Kier alpha value is -1.62. The van der Waals surface area contributed by atoms with Gasteiger partial charge in [0.2, 0.25) is 5.91 Å². The fourth-order valence-corrected chi connectivity index (χ4v) is 2.48. The highest BCUT2D eigenvalue weighted by atomic mass is 16.4. The van der Waals surface area contributed by atoms with Gasteiger partial charge in [0.25, 0.3) is 0 Å². The van der Waals surface area contributed by atoms with Crippen LogP contribution in [0.1, 0.15) is 19.3 Å². The molecule has 0 spiro atoms. The van der Waals surface area contributed by atoms with E-state index in [1.54, 1.807) is 17.1 Å². The maximum absolute atomic E-state index is 12.1. The average molecular weight is 280 g/mol. The van der Waals surface area contributed by atoms with Crippen molar-refractivity contribution < 1.29 is 14.7 Å². The molecule has 1 aliphatic rings. The van der Waals surface area contributed by atoms with E-state index in [0.29, 0.717) is 19.6 Å². The van der Waals surface area contributed by atoms with Crippen molar-refractivity contribution in [2.45, 2.75) is 19.3 Å². The van der Waals surface area contributed by atoms with Crippen molar-refractivity contribution in [2.75, 3.05) is 32.7 Å². The Labute approximate surface area is 120 Å². The second kappa shape index (κ2) is 8.53. The van der Waals surface area contributed by atoms with Gasteiger partial charge in [-0.3, -0.25) is 14.5 Å². The normalized spacial score (nSPS) is 16.6. The molecule has 1 aliphatic heterocycles. The van der Waals surface area contributed by atoms with E-state index in [1.165, 1.54) is 0 Å². The van der Waals surface area contributed by atoms with E-state index < -0.39 is 5.97 Å². The molecule has 5 nitrogen and oxygen atoms in total. The van der Waals surface area contributed by atoms with E-state index in [-0.39, 0.29) is 18.2 Å².